The Balaban J connectivity index is 1.46. The summed E-state index contributed by atoms with van der Waals surface area (Å²) in [5.41, 5.74) is 2.75. The van der Waals surface area contributed by atoms with E-state index in [1.54, 1.807) is 34.1 Å². The van der Waals surface area contributed by atoms with E-state index in [-0.39, 0.29) is 18.0 Å². The highest BCUT2D eigenvalue weighted by atomic mass is 35.5. The Morgan fingerprint density at radius 1 is 1.23 bits per heavy atom. The molecular weight excluding hydrogens is 561 g/mol. The maximum atomic E-state index is 13.9. The van der Waals surface area contributed by atoms with Crippen LogP contribution in [0.25, 0.3) is 16.5 Å². The van der Waals surface area contributed by atoms with Crippen LogP contribution in [0.1, 0.15) is 23.1 Å². The highest BCUT2D eigenvalue weighted by Crippen LogP contribution is 2.33. The standard InChI is InChI=1S/C26H27Cl2N7O3S/c1-2-19-23(33-8-6-29-7-9-33)25(37)35-26(31-24(32-35)20-11-15-5-10-38-14-21(15)39-20)34(19)13-22(36)30-18-4-3-16(27)12-17(18)28/h3-4,11-12,29H,2,5-10,13-14H2,1H3,(H,30,36). The number of thiophene rings is 1. The van der Waals surface area contributed by atoms with E-state index in [4.69, 9.17) is 32.9 Å². The van der Waals surface area contributed by atoms with Crippen LogP contribution in [0.2, 0.25) is 10.0 Å². The van der Waals surface area contributed by atoms with Gasteiger partial charge in [-0.2, -0.15) is 9.50 Å². The zero-order valence-electron chi connectivity index (χ0n) is 21.3. The summed E-state index contributed by atoms with van der Waals surface area (Å²) in [7, 11) is 0. The summed E-state index contributed by atoms with van der Waals surface area (Å²) in [5, 5.41) is 11.7. The van der Waals surface area contributed by atoms with Crippen molar-refractivity contribution in [3.63, 3.8) is 0 Å². The number of amides is 1. The molecule has 39 heavy (non-hydrogen) atoms. The minimum atomic E-state index is -0.306. The lowest BCUT2D eigenvalue weighted by molar-refractivity contribution is -0.116. The molecule has 10 nitrogen and oxygen atoms in total. The Hall–Kier alpha value is -2.96. The Kier molecular flexibility index (Phi) is 7.34. The summed E-state index contributed by atoms with van der Waals surface area (Å²) in [6, 6.07) is 6.98. The van der Waals surface area contributed by atoms with Crippen molar-refractivity contribution in [2.75, 3.05) is 43.0 Å². The van der Waals surface area contributed by atoms with Gasteiger partial charge in [0.15, 0.2) is 5.82 Å². The van der Waals surface area contributed by atoms with Crippen LogP contribution in [0, 0.1) is 0 Å². The van der Waals surface area contributed by atoms with Crippen molar-refractivity contribution in [2.24, 2.45) is 0 Å². The summed E-state index contributed by atoms with van der Waals surface area (Å²) in [6.07, 6.45) is 1.37. The van der Waals surface area contributed by atoms with Crippen LogP contribution in [0.5, 0.6) is 0 Å². The van der Waals surface area contributed by atoms with Crippen molar-refractivity contribution in [1.82, 2.24) is 24.5 Å². The number of hydrogen-bond acceptors (Lipinski definition) is 8. The van der Waals surface area contributed by atoms with Gasteiger partial charge in [-0.05, 0) is 42.7 Å². The maximum Gasteiger partial charge on any atom is 0.299 e. The van der Waals surface area contributed by atoms with Gasteiger partial charge in [0.25, 0.3) is 5.56 Å². The highest BCUT2D eigenvalue weighted by molar-refractivity contribution is 7.15. The molecule has 6 rings (SSSR count). The number of anilines is 2. The second-order valence-corrected chi connectivity index (χ2v) is 11.4. The molecule has 13 heteroatoms. The number of carbonyl (C=O) groups is 1. The molecule has 2 N–H and O–H groups in total. The molecule has 0 saturated carbocycles. The van der Waals surface area contributed by atoms with Crippen molar-refractivity contribution in [3.05, 3.63) is 60.8 Å². The second kappa shape index (κ2) is 10.9. The SMILES string of the molecule is CCc1c(N2CCNCC2)c(=O)n2nc(-c3cc4c(s3)COCC4)nc2n1CC(=O)Nc1ccc(Cl)cc1Cl. The first kappa shape index (κ1) is 26.3. The summed E-state index contributed by atoms with van der Waals surface area (Å²) < 4.78 is 8.74. The Bertz CT molecular complexity index is 1600. The third-order valence-corrected chi connectivity index (χ3v) is 8.66. The lowest BCUT2D eigenvalue weighted by Crippen LogP contribution is -2.47. The molecule has 204 valence electrons. The van der Waals surface area contributed by atoms with Gasteiger partial charge in [-0.1, -0.05) is 30.1 Å². The average molecular weight is 589 g/mol. The van der Waals surface area contributed by atoms with Gasteiger partial charge in [0.1, 0.15) is 12.2 Å². The topological polar surface area (TPSA) is 106 Å². The summed E-state index contributed by atoms with van der Waals surface area (Å²) in [5.74, 6) is 0.477. The Morgan fingerprint density at radius 3 is 2.79 bits per heavy atom. The van der Waals surface area contributed by atoms with Crippen LogP contribution in [-0.4, -0.2) is 57.9 Å². The smallest absolute Gasteiger partial charge is 0.299 e. The highest BCUT2D eigenvalue weighted by Gasteiger charge is 2.27. The predicted molar refractivity (Wildman–Crippen MR) is 153 cm³/mol. The number of nitrogens with zero attached hydrogens (tertiary/aromatic N) is 5. The van der Waals surface area contributed by atoms with Gasteiger partial charge in [0, 0.05) is 36.1 Å². The third kappa shape index (κ3) is 5.05. The Morgan fingerprint density at radius 2 is 2.05 bits per heavy atom. The van der Waals surface area contributed by atoms with E-state index in [0.717, 1.165) is 35.0 Å². The van der Waals surface area contributed by atoms with E-state index in [1.807, 2.05) is 6.92 Å². The molecule has 0 unspecified atom stereocenters. The van der Waals surface area contributed by atoms with Gasteiger partial charge in [-0.15, -0.1) is 16.4 Å². The van der Waals surface area contributed by atoms with Crippen LogP contribution >= 0.6 is 34.5 Å². The Labute approximate surface area is 238 Å². The van der Waals surface area contributed by atoms with Crippen molar-refractivity contribution in [1.29, 1.82) is 0 Å². The van der Waals surface area contributed by atoms with Crippen LogP contribution in [0.15, 0.2) is 29.1 Å². The van der Waals surface area contributed by atoms with Crippen LogP contribution in [-0.2, 0) is 35.5 Å². The zero-order valence-corrected chi connectivity index (χ0v) is 23.6. The van der Waals surface area contributed by atoms with Crippen molar-refractivity contribution < 1.29 is 9.53 Å². The molecule has 1 aromatic carbocycles. The number of ether oxygens (including phenoxy) is 1. The number of benzene rings is 1. The van der Waals surface area contributed by atoms with Crippen LogP contribution in [0.4, 0.5) is 11.4 Å². The van der Waals surface area contributed by atoms with Gasteiger partial charge in [0.2, 0.25) is 11.7 Å². The molecule has 1 saturated heterocycles. The van der Waals surface area contributed by atoms with E-state index in [9.17, 15) is 9.59 Å². The van der Waals surface area contributed by atoms with Crippen molar-refractivity contribution >= 4 is 57.6 Å². The number of rotatable bonds is 6. The van der Waals surface area contributed by atoms with Gasteiger partial charge < -0.3 is 24.8 Å². The van der Waals surface area contributed by atoms with Crippen LogP contribution in [0.3, 0.4) is 0 Å². The average Bonchev–Trinajstić information content (AvgIpc) is 3.57. The molecule has 2 aliphatic heterocycles. The fourth-order valence-electron chi connectivity index (χ4n) is 5.10. The number of halogens is 2. The first-order chi connectivity index (χ1) is 18.9. The van der Waals surface area contributed by atoms with Gasteiger partial charge >= 0.3 is 0 Å². The number of carbonyl (C=O) groups excluding carboxylic acids is 1. The molecular formula is C26H27Cl2N7O3S. The van der Waals surface area contributed by atoms with E-state index in [2.05, 4.69) is 26.7 Å². The third-order valence-electron chi connectivity index (χ3n) is 6.97. The fraction of sp³-hybridized carbons (Fsp3) is 0.385. The van der Waals surface area contributed by atoms with E-state index in [0.29, 0.717) is 65.7 Å². The van der Waals surface area contributed by atoms with Crippen LogP contribution < -0.4 is 21.1 Å². The maximum absolute atomic E-state index is 13.9. The molecule has 2 aliphatic rings. The van der Waals surface area contributed by atoms with E-state index in [1.165, 1.54) is 10.1 Å². The quantitative estimate of drug-likeness (QED) is 0.355. The van der Waals surface area contributed by atoms with Crippen molar-refractivity contribution in [2.45, 2.75) is 32.9 Å². The van der Waals surface area contributed by atoms with Gasteiger partial charge in [0.05, 0.1) is 34.5 Å². The second-order valence-electron chi connectivity index (χ2n) is 9.46. The first-order valence-corrected chi connectivity index (χ1v) is 14.4. The van der Waals surface area contributed by atoms with Crippen molar-refractivity contribution in [3.8, 4) is 10.7 Å². The monoisotopic (exact) mass is 587 g/mol. The van der Waals surface area contributed by atoms with E-state index < -0.39 is 0 Å². The van der Waals surface area contributed by atoms with E-state index >= 15 is 0 Å². The number of piperazine rings is 1. The largest absolute Gasteiger partial charge is 0.376 e. The van der Waals surface area contributed by atoms with Gasteiger partial charge in [-0.3, -0.25) is 9.59 Å². The molecule has 0 atom stereocenters. The molecule has 0 radical (unpaired) electrons. The molecule has 3 aromatic heterocycles. The summed E-state index contributed by atoms with van der Waals surface area (Å²) in [4.78, 5) is 36.1. The number of aromatic nitrogens is 4. The first-order valence-electron chi connectivity index (χ1n) is 12.9. The number of fused-ring (bicyclic) bond motifs is 2. The summed E-state index contributed by atoms with van der Waals surface area (Å²) in [6.45, 7) is 6.06. The molecule has 1 amide bonds. The molecule has 1 fully saturated rings. The molecule has 0 bridgehead atoms. The molecule has 5 heterocycles. The summed E-state index contributed by atoms with van der Waals surface area (Å²) >= 11 is 13.9. The zero-order chi connectivity index (χ0) is 27.1. The normalized spacial score (nSPS) is 15.5. The number of nitrogens with one attached hydrogen (secondary N) is 2. The molecule has 0 spiro atoms. The lowest BCUT2D eigenvalue weighted by Gasteiger charge is -2.31. The lowest BCUT2D eigenvalue weighted by atomic mass is 10.1. The number of hydrogen-bond donors (Lipinski definition) is 2. The molecule has 4 aromatic rings. The predicted octanol–water partition coefficient (Wildman–Crippen LogP) is 3.61. The van der Waals surface area contributed by atoms with Gasteiger partial charge in [-0.25, -0.2) is 0 Å². The molecule has 0 aliphatic carbocycles. The fourth-order valence-corrected chi connectivity index (χ4v) is 6.64. The minimum Gasteiger partial charge on any atom is -0.376 e. The minimum absolute atomic E-state index is 0.0715.